The van der Waals surface area contributed by atoms with Gasteiger partial charge in [0.25, 0.3) is 10.0 Å². The maximum absolute atomic E-state index is 13.4. The van der Waals surface area contributed by atoms with Crippen molar-refractivity contribution in [2.45, 2.75) is 30.6 Å². The van der Waals surface area contributed by atoms with Crippen LogP contribution < -0.4 is 13.9 Å². The zero-order valence-electron chi connectivity index (χ0n) is 15.4. The standard InChI is InChI=1S/C20H20N2O5S/c1-27-18-9-8-15(13-17(18)22-19(23)10-11-20(22)24)28(25,26)21-12-4-6-14-5-2-3-7-16(14)21/h2-3,5,7-9,13H,4,6,10-12H2,1H3. The molecule has 8 heteroatoms. The van der Waals surface area contributed by atoms with Crippen LogP contribution in [-0.2, 0) is 26.0 Å². The molecule has 0 N–H and O–H groups in total. The van der Waals surface area contributed by atoms with Crippen molar-refractivity contribution in [2.75, 3.05) is 22.9 Å². The number of ether oxygens (including phenoxy) is 1. The Morgan fingerprint density at radius 1 is 0.929 bits per heavy atom. The summed E-state index contributed by atoms with van der Waals surface area (Å²) in [6, 6.07) is 11.7. The van der Waals surface area contributed by atoms with Crippen LogP contribution in [0.25, 0.3) is 0 Å². The highest BCUT2D eigenvalue weighted by Gasteiger charge is 2.35. The lowest BCUT2D eigenvalue weighted by Gasteiger charge is -2.30. The molecule has 2 aromatic carbocycles. The Morgan fingerprint density at radius 3 is 2.36 bits per heavy atom. The van der Waals surface area contributed by atoms with Crippen molar-refractivity contribution >= 4 is 33.2 Å². The Balaban J connectivity index is 1.81. The Labute approximate surface area is 163 Å². The van der Waals surface area contributed by atoms with Gasteiger partial charge in [0.05, 0.1) is 23.4 Å². The first kappa shape index (κ1) is 18.5. The molecule has 7 nitrogen and oxygen atoms in total. The summed E-state index contributed by atoms with van der Waals surface area (Å²) >= 11 is 0. The van der Waals surface area contributed by atoms with Crippen LogP contribution in [0.4, 0.5) is 11.4 Å². The molecule has 0 aliphatic carbocycles. The molecular formula is C20H20N2O5S. The van der Waals surface area contributed by atoms with Crippen molar-refractivity contribution in [3.05, 3.63) is 48.0 Å². The van der Waals surface area contributed by atoms with E-state index < -0.39 is 10.0 Å². The number of amides is 2. The maximum atomic E-state index is 13.4. The number of para-hydroxylation sites is 1. The molecule has 2 amide bonds. The van der Waals surface area contributed by atoms with E-state index in [0.29, 0.717) is 12.2 Å². The summed E-state index contributed by atoms with van der Waals surface area (Å²) in [4.78, 5) is 25.4. The van der Waals surface area contributed by atoms with Crippen molar-refractivity contribution in [1.29, 1.82) is 0 Å². The van der Waals surface area contributed by atoms with Crippen LogP contribution in [0.3, 0.4) is 0 Å². The van der Waals surface area contributed by atoms with Gasteiger partial charge in [0.2, 0.25) is 11.8 Å². The van der Waals surface area contributed by atoms with E-state index in [2.05, 4.69) is 0 Å². The van der Waals surface area contributed by atoms with E-state index in [-0.39, 0.29) is 41.0 Å². The molecule has 146 valence electrons. The number of benzene rings is 2. The molecule has 1 fully saturated rings. The van der Waals surface area contributed by atoms with Gasteiger partial charge >= 0.3 is 0 Å². The highest BCUT2D eigenvalue weighted by molar-refractivity contribution is 7.92. The number of methoxy groups -OCH3 is 1. The molecule has 2 aliphatic rings. The third-order valence-corrected chi connectivity index (χ3v) is 6.91. The Morgan fingerprint density at radius 2 is 1.64 bits per heavy atom. The maximum Gasteiger partial charge on any atom is 0.264 e. The van der Waals surface area contributed by atoms with Gasteiger partial charge in [0, 0.05) is 19.4 Å². The molecular weight excluding hydrogens is 380 g/mol. The minimum atomic E-state index is -3.86. The van der Waals surface area contributed by atoms with Crippen LogP contribution in [0.1, 0.15) is 24.8 Å². The summed E-state index contributed by atoms with van der Waals surface area (Å²) in [6.45, 7) is 0.377. The quantitative estimate of drug-likeness (QED) is 0.737. The van der Waals surface area contributed by atoms with Crippen molar-refractivity contribution < 1.29 is 22.7 Å². The molecule has 28 heavy (non-hydrogen) atoms. The number of carbonyl (C=O) groups is 2. The average Bonchev–Trinajstić information content (AvgIpc) is 3.05. The zero-order valence-corrected chi connectivity index (χ0v) is 16.2. The van der Waals surface area contributed by atoms with E-state index in [0.717, 1.165) is 23.3 Å². The Hall–Kier alpha value is -2.87. The van der Waals surface area contributed by atoms with E-state index in [1.165, 1.54) is 29.6 Å². The SMILES string of the molecule is COc1ccc(S(=O)(=O)N2CCCc3ccccc32)cc1N1C(=O)CCC1=O. The van der Waals surface area contributed by atoms with E-state index in [1.807, 2.05) is 18.2 Å². The summed E-state index contributed by atoms with van der Waals surface area (Å²) < 4.78 is 33.4. The predicted octanol–water partition coefficient (Wildman–Crippen LogP) is 2.49. The second-order valence-electron chi connectivity index (χ2n) is 6.77. The van der Waals surface area contributed by atoms with Crippen molar-refractivity contribution in [3.63, 3.8) is 0 Å². The van der Waals surface area contributed by atoms with Gasteiger partial charge in [0.1, 0.15) is 5.75 Å². The van der Waals surface area contributed by atoms with E-state index in [4.69, 9.17) is 4.74 Å². The zero-order chi connectivity index (χ0) is 19.9. The minimum absolute atomic E-state index is 0.0208. The lowest BCUT2D eigenvalue weighted by molar-refractivity contribution is -0.121. The van der Waals surface area contributed by atoms with Gasteiger partial charge in [-0.3, -0.25) is 13.9 Å². The van der Waals surface area contributed by atoms with Gasteiger partial charge in [-0.25, -0.2) is 13.3 Å². The van der Waals surface area contributed by atoms with Crippen LogP contribution in [0.5, 0.6) is 5.75 Å². The lowest BCUT2D eigenvalue weighted by Crippen LogP contribution is -2.35. The molecule has 0 aromatic heterocycles. The van der Waals surface area contributed by atoms with Gasteiger partial charge in [-0.15, -0.1) is 0 Å². The van der Waals surface area contributed by atoms with Gasteiger partial charge in [-0.2, -0.15) is 0 Å². The number of carbonyl (C=O) groups excluding carboxylic acids is 2. The number of anilines is 2. The fourth-order valence-electron chi connectivity index (χ4n) is 3.73. The van der Waals surface area contributed by atoms with Gasteiger partial charge in [0.15, 0.2) is 0 Å². The summed E-state index contributed by atoms with van der Waals surface area (Å²) in [5.74, 6) is -0.441. The normalized spacial score (nSPS) is 17.0. The van der Waals surface area contributed by atoms with E-state index >= 15 is 0 Å². The minimum Gasteiger partial charge on any atom is -0.495 e. The smallest absolute Gasteiger partial charge is 0.264 e. The highest BCUT2D eigenvalue weighted by atomic mass is 32.2. The van der Waals surface area contributed by atoms with E-state index in [1.54, 1.807) is 6.07 Å². The Kier molecular flexibility index (Phi) is 4.58. The Bertz CT molecular complexity index is 1050. The fourth-order valence-corrected chi connectivity index (χ4v) is 5.29. The van der Waals surface area contributed by atoms with Crippen LogP contribution in [0, 0.1) is 0 Å². The number of aryl methyl sites for hydroxylation is 1. The van der Waals surface area contributed by atoms with Gasteiger partial charge in [-0.1, -0.05) is 18.2 Å². The molecule has 2 aliphatic heterocycles. The first-order chi connectivity index (χ1) is 13.4. The number of hydrogen-bond acceptors (Lipinski definition) is 5. The third kappa shape index (κ3) is 2.93. The molecule has 2 aromatic rings. The molecule has 4 rings (SSSR count). The number of sulfonamides is 1. The topological polar surface area (TPSA) is 84.0 Å². The van der Waals surface area contributed by atoms with Gasteiger partial charge in [-0.05, 0) is 42.7 Å². The van der Waals surface area contributed by atoms with Crippen LogP contribution in [0.2, 0.25) is 0 Å². The second kappa shape index (κ2) is 6.94. The number of rotatable bonds is 4. The first-order valence-electron chi connectivity index (χ1n) is 9.08. The lowest BCUT2D eigenvalue weighted by atomic mass is 10.0. The molecule has 0 radical (unpaired) electrons. The third-order valence-electron chi connectivity index (χ3n) is 5.10. The molecule has 2 heterocycles. The monoisotopic (exact) mass is 400 g/mol. The first-order valence-corrected chi connectivity index (χ1v) is 10.5. The molecule has 0 spiro atoms. The molecule has 1 saturated heterocycles. The van der Waals surface area contributed by atoms with Crippen LogP contribution in [-0.4, -0.2) is 33.9 Å². The molecule has 0 bridgehead atoms. The number of nitrogens with zero attached hydrogens (tertiary/aromatic N) is 2. The van der Waals surface area contributed by atoms with Crippen molar-refractivity contribution in [1.82, 2.24) is 0 Å². The average molecular weight is 400 g/mol. The molecule has 0 atom stereocenters. The predicted molar refractivity (Wildman–Crippen MR) is 104 cm³/mol. The summed E-state index contributed by atoms with van der Waals surface area (Å²) in [7, 11) is -2.44. The number of fused-ring (bicyclic) bond motifs is 1. The summed E-state index contributed by atoms with van der Waals surface area (Å²) in [6.07, 6.45) is 1.77. The largest absolute Gasteiger partial charge is 0.495 e. The summed E-state index contributed by atoms with van der Waals surface area (Å²) in [5.41, 5.74) is 1.82. The summed E-state index contributed by atoms with van der Waals surface area (Å²) in [5, 5.41) is 0. The van der Waals surface area contributed by atoms with Crippen molar-refractivity contribution in [3.8, 4) is 5.75 Å². The molecule has 0 saturated carbocycles. The van der Waals surface area contributed by atoms with E-state index in [9.17, 15) is 18.0 Å². The van der Waals surface area contributed by atoms with Crippen LogP contribution in [0.15, 0.2) is 47.4 Å². The fraction of sp³-hybridized carbons (Fsp3) is 0.300. The van der Waals surface area contributed by atoms with Gasteiger partial charge < -0.3 is 4.74 Å². The second-order valence-corrected chi connectivity index (χ2v) is 8.63. The number of imide groups is 1. The molecule has 0 unspecified atom stereocenters. The van der Waals surface area contributed by atoms with Crippen LogP contribution >= 0.6 is 0 Å². The highest BCUT2D eigenvalue weighted by Crippen LogP contribution is 2.37. The van der Waals surface area contributed by atoms with Crippen molar-refractivity contribution in [2.24, 2.45) is 0 Å². The number of hydrogen-bond donors (Lipinski definition) is 0.